The fraction of sp³-hybridized carbons (Fsp3) is 0.500. The molecule has 3 heterocycles. The quantitative estimate of drug-likeness (QED) is 0.140. The molecule has 0 saturated carbocycles. The highest BCUT2D eigenvalue weighted by molar-refractivity contribution is 5.96. The molecule has 3 aliphatic rings. The topological polar surface area (TPSA) is 207 Å². The van der Waals surface area contributed by atoms with E-state index in [1.165, 1.54) is 36.2 Å². The predicted octanol–water partition coefficient (Wildman–Crippen LogP) is 6.06. The molecule has 0 aliphatic carbocycles. The summed E-state index contributed by atoms with van der Waals surface area (Å²) in [7, 11) is 2.46. The first-order valence-electron chi connectivity index (χ1n) is 22.3. The zero-order valence-electron chi connectivity index (χ0n) is 37.6. The van der Waals surface area contributed by atoms with Crippen LogP contribution >= 0.6 is 0 Å². The Morgan fingerprint density at radius 1 is 0.656 bits per heavy atom. The molecule has 3 saturated heterocycles. The van der Waals surface area contributed by atoms with Gasteiger partial charge < -0.3 is 46.3 Å². The van der Waals surface area contributed by atoms with Crippen molar-refractivity contribution in [2.45, 2.75) is 114 Å². The van der Waals surface area contributed by atoms with E-state index < -0.39 is 59.0 Å². The summed E-state index contributed by atoms with van der Waals surface area (Å²) in [5.41, 5.74) is 13.3. The van der Waals surface area contributed by atoms with Crippen LogP contribution < -0.4 is 27.0 Å². The van der Waals surface area contributed by atoms with Crippen LogP contribution in [0.15, 0.2) is 72.8 Å². The van der Waals surface area contributed by atoms with E-state index in [0.717, 1.165) is 16.8 Å². The summed E-state index contributed by atoms with van der Waals surface area (Å²) in [5, 5.41) is 5.34. The largest absolute Gasteiger partial charge is 0.453 e. The molecule has 3 fully saturated rings. The van der Waals surface area contributed by atoms with E-state index in [2.05, 4.69) is 15.5 Å². The van der Waals surface area contributed by atoms with Crippen molar-refractivity contribution in [1.82, 2.24) is 20.4 Å². The number of anilines is 1. The van der Waals surface area contributed by atoms with Gasteiger partial charge in [-0.2, -0.15) is 0 Å². The molecule has 6 N–H and O–H groups in total. The summed E-state index contributed by atoms with van der Waals surface area (Å²) in [6, 6.07) is 19.2. The molecule has 64 heavy (non-hydrogen) atoms. The first-order chi connectivity index (χ1) is 30.6. The van der Waals surface area contributed by atoms with E-state index in [9.17, 15) is 33.2 Å². The second-order valence-electron chi connectivity index (χ2n) is 17.4. The number of carbonyl (C=O) groups is 6. The van der Waals surface area contributed by atoms with Crippen molar-refractivity contribution in [3.05, 3.63) is 101 Å². The molecule has 3 aromatic rings. The molecule has 344 valence electrons. The highest BCUT2D eigenvalue weighted by Gasteiger charge is 2.53. The number of hydrogen-bond donors (Lipinski definition) is 4. The second kappa shape index (κ2) is 19.7. The Bertz CT molecular complexity index is 2060. The van der Waals surface area contributed by atoms with Crippen molar-refractivity contribution < 1.29 is 42.6 Å². The number of ether oxygens (including phenoxy) is 2. The molecule has 8 atom stereocenters. The molecular formula is C48H62FN7O8. The minimum absolute atomic E-state index is 0.186. The van der Waals surface area contributed by atoms with Crippen LogP contribution in [0.5, 0.6) is 0 Å². The maximum absolute atomic E-state index is 14.4. The molecule has 15 nitrogen and oxygen atoms in total. The first kappa shape index (κ1) is 47.3. The lowest BCUT2D eigenvalue weighted by Gasteiger charge is -2.39. The van der Waals surface area contributed by atoms with Gasteiger partial charge in [0.05, 0.1) is 26.3 Å². The predicted molar refractivity (Wildman–Crippen MR) is 238 cm³/mol. The molecule has 0 unspecified atom stereocenters. The van der Waals surface area contributed by atoms with Crippen molar-refractivity contribution in [1.29, 1.82) is 0 Å². The fourth-order valence-electron chi connectivity index (χ4n) is 10.1. The molecule has 3 aromatic carbocycles. The normalized spacial score (nSPS) is 23.8. The molecule has 16 heteroatoms. The van der Waals surface area contributed by atoms with E-state index in [4.69, 9.17) is 20.9 Å². The van der Waals surface area contributed by atoms with Gasteiger partial charge in [-0.1, -0.05) is 89.1 Å². The summed E-state index contributed by atoms with van der Waals surface area (Å²) >= 11 is 0. The number of primary amides is 2. The lowest BCUT2D eigenvalue weighted by Crippen LogP contribution is -2.59. The lowest BCUT2D eigenvalue weighted by molar-refractivity contribution is -0.146. The Kier molecular flexibility index (Phi) is 14.5. The van der Waals surface area contributed by atoms with Crippen LogP contribution in [0.1, 0.15) is 113 Å². The Balaban J connectivity index is 1.32. The van der Waals surface area contributed by atoms with Crippen molar-refractivity contribution in [3.63, 3.8) is 0 Å². The van der Waals surface area contributed by atoms with Gasteiger partial charge in [-0.3, -0.25) is 19.2 Å². The number of likely N-dealkylation sites (tertiary alicyclic amines) is 2. The number of hydrogen-bond acceptors (Lipinski definition) is 9. The zero-order chi connectivity index (χ0) is 46.5. The third-order valence-electron chi connectivity index (χ3n) is 14.0. The smallest absolute Gasteiger partial charge is 0.407 e. The first-order valence-corrected chi connectivity index (χ1v) is 22.3. The molecule has 0 spiro atoms. The average Bonchev–Trinajstić information content (AvgIpc) is 4.08. The molecule has 3 aliphatic heterocycles. The third kappa shape index (κ3) is 8.70. The van der Waals surface area contributed by atoms with Gasteiger partial charge in [0.15, 0.2) is 0 Å². The second-order valence-corrected chi connectivity index (χ2v) is 17.4. The maximum atomic E-state index is 14.4. The minimum atomic E-state index is -1.44. The van der Waals surface area contributed by atoms with E-state index in [1.54, 1.807) is 12.1 Å². The highest BCUT2D eigenvalue weighted by atomic mass is 19.1. The maximum Gasteiger partial charge on any atom is 0.407 e. The minimum Gasteiger partial charge on any atom is -0.453 e. The van der Waals surface area contributed by atoms with Crippen LogP contribution in [-0.2, 0) is 39.7 Å². The summed E-state index contributed by atoms with van der Waals surface area (Å²) in [6.45, 7) is 8.09. The number of nitrogens with one attached hydrogen (secondary N) is 2. The monoisotopic (exact) mass is 883 g/mol. The van der Waals surface area contributed by atoms with E-state index >= 15 is 0 Å². The van der Waals surface area contributed by atoms with Gasteiger partial charge in [-0.25, -0.2) is 14.0 Å². The lowest BCUT2D eigenvalue weighted by atomic mass is 9.84. The number of nitrogens with two attached hydrogens (primary N) is 2. The molecule has 0 aromatic heterocycles. The number of benzene rings is 3. The summed E-state index contributed by atoms with van der Waals surface area (Å²) in [4.78, 5) is 85.4. The van der Waals surface area contributed by atoms with Crippen LogP contribution in [-0.4, -0.2) is 85.0 Å². The van der Waals surface area contributed by atoms with Gasteiger partial charge in [-0.05, 0) is 96.9 Å². The van der Waals surface area contributed by atoms with Crippen molar-refractivity contribution >= 4 is 41.5 Å². The number of nitrogens with zero attached hydrogens (tertiary/aromatic N) is 3. The number of methoxy groups -OCH3 is 2. The van der Waals surface area contributed by atoms with Crippen molar-refractivity contribution in [2.24, 2.45) is 23.3 Å². The van der Waals surface area contributed by atoms with E-state index in [0.29, 0.717) is 62.5 Å². The molecule has 6 rings (SSSR count). The van der Waals surface area contributed by atoms with Crippen LogP contribution in [0.3, 0.4) is 0 Å². The fourth-order valence-corrected chi connectivity index (χ4v) is 10.1. The molecule has 0 radical (unpaired) electrons. The van der Waals surface area contributed by atoms with Crippen LogP contribution in [0.4, 0.5) is 19.7 Å². The van der Waals surface area contributed by atoms with Crippen LogP contribution in [0.2, 0.25) is 0 Å². The Morgan fingerprint density at radius 3 is 1.36 bits per heavy atom. The number of rotatable bonds is 15. The zero-order valence-corrected chi connectivity index (χ0v) is 37.6. The van der Waals surface area contributed by atoms with Gasteiger partial charge in [0.2, 0.25) is 23.6 Å². The number of amides is 6. The van der Waals surface area contributed by atoms with Crippen molar-refractivity contribution in [2.75, 3.05) is 32.2 Å². The van der Waals surface area contributed by atoms with Gasteiger partial charge >= 0.3 is 12.2 Å². The van der Waals surface area contributed by atoms with Crippen LogP contribution in [0, 0.1) is 17.7 Å². The van der Waals surface area contributed by atoms with Gasteiger partial charge in [0, 0.05) is 18.8 Å². The molecular weight excluding hydrogens is 822 g/mol. The Morgan fingerprint density at radius 2 is 1.03 bits per heavy atom. The standard InChI is InChI=1S/C48H62FN7O8/c1-7-29(3)39(52-45(61)63-5)41(57)54-27-9-25-47(54,43(50)59)33-15-11-31(12-16-33)37-23-24-38(56(37)36-21-19-35(49)20-22-36)32-13-17-34(18-14-32)48(44(51)60)26-10-28-55(48)42(58)40(30(4)8-2)53-46(62)64-6/h11-22,29-30,37-40H,7-10,23-28H2,1-6H3,(H2,50,59)(H2,51,60)(H,52,61)(H,53,62)/t29-,30-,37+,38+,39-,40-,47-,48-/m0/s1. The summed E-state index contributed by atoms with van der Waals surface area (Å²) < 4.78 is 24.0. The Hall–Kier alpha value is -6.19. The number of alkyl carbamates (subject to hydrolysis) is 2. The van der Waals surface area contributed by atoms with Crippen molar-refractivity contribution in [3.8, 4) is 0 Å². The van der Waals surface area contributed by atoms with Crippen LogP contribution in [0.25, 0.3) is 0 Å². The van der Waals surface area contributed by atoms with Gasteiger partial charge in [0.25, 0.3) is 0 Å². The van der Waals surface area contributed by atoms with Gasteiger partial charge in [0.1, 0.15) is 29.0 Å². The summed E-state index contributed by atoms with van der Waals surface area (Å²) in [6.07, 6.45) is 2.81. The molecule has 6 amide bonds. The Labute approximate surface area is 374 Å². The van der Waals surface area contributed by atoms with E-state index in [-0.39, 0.29) is 42.8 Å². The summed E-state index contributed by atoms with van der Waals surface area (Å²) in [5.74, 6) is -3.03. The third-order valence-corrected chi connectivity index (χ3v) is 14.0. The molecule has 0 bridgehead atoms. The highest BCUT2D eigenvalue weighted by Crippen LogP contribution is 2.49. The van der Waals surface area contributed by atoms with E-state index in [1.807, 2.05) is 76.2 Å². The SMILES string of the molecule is CC[C@H](C)[C@H](NC(=O)OC)C(=O)N1CCC[C@@]1(C(N)=O)c1ccc([C@H]2CC[C@H](c3ccc([C@]4(C(N)=O)CCCN4C(=O)[C@@H](NC(=O)OC)[C@@H](C)CC)cc3)N2c2ccc(F)cc2)cc1. The number of halogens is 1. The average molecular weight is 884 g/mol. The van der Waals surface area contributed by atoms with Gasteiger partial charge in [-0.15, -0.1) is 0 Å². The number of carbonyl (C=O) groups excluding carboxylic acids is 6.